The number of ether oxygens (including phenoxy) is 1. The second-order valence-corrected chi connectivity index (χ2v) is 7.44. The Bertz CT molecular complexity index is 1200. The van der Waals surface area contributed by atoms with E-state index in [0.717, 1.165) is 0 Å². The third-order valence-corrected chi connectivity index (χ3v) is 5.16. The molecule has 0 fully saturated rings. The fourth-order valence-electron chi connectivity index (χ4n) is 2.36. The Labute approximate surface area is 162 Å². The molecule has 3 aromatic rings. The topological polar surface area (TPSA) is 124 Å². The molecule has 3 N–H and O–H groups in total. The van der Waals surface area contributed by atoms with Crippen LogP contribution >= 0.6 is 0 Å². The number of hydrogen-bond donors (Lipinski definition) is 2. The molecular weight excluding hydrogens is 413 g/mol. The van der Waals surface area contributed by atoms with Crippen LogP contribution in [0.2, 0.25) is 0 Å². The van der Waals surface area contributed by atoms with Gasteiger partial charge in [0.2, 0.25) is 10.0 Å². The van der Waals surface area contributed by atoms with Crippen molar-refractivity contribution in [1.29, 1.82) is 0 Å². The third-order valence-electron chi connectivity index (χ3n) is 3.74. The first kappa shape index (κ1) is 20.5. The number of anilines is 1. The largest absolute Gasteiger partial charge is 0.456 e. The van der Waals surface area contributed by atoms with Crippen molar-refractivity contribution < 1.29 is 31.1 Å². The van der Waals surface area contributed by atoms with Crippen LogP contribution < -0.4 is 10.5 Å². The quantitative estimate of drug-likeness (QED) is 0.454. The summed E-state index contributed by atoms with van der Waals surface area (Å²) >= 11 is 0. The molecule has 2 aromatic carbocycles. The predicted octanol–water partition coefficient (Wildman–Crippen LogP) is 1.65. The molecule has 0 amide bonds. The second kappa shape index (κ2) is 8.01. The first-order valence-corrected chi connectivity index (χ1v) is 9.47. The smallest absolute Gasteiger partial charge is 0.321 e. The van der Waals surface area contributed by atoms with Gasteiger partial charge in [-0.3, -0.25) is 4.79 Å². The monoisotopic (exact) mass is 426 g/mol. The molecule has 0 aliphatic heterocycles. The molecule has 3 rings (SSSR count). The molecule has 0 saturated heterocycles. The lowest BCUT2D eigenvalue weighted by Crippen LogP contribution is -2.31. The number of halogens is 3. The number of nitrogens with zero attached hydrogens (tertiary/aromatic N) is 2. The standard InChI is InChI=1S/C17H13F3N4O4S/c18-10-5-6-12(16(20)15(10)19)29(26,27)22-7-14(25)28-8-13-23-11-4-2-1-3-9(11)17(21)24-13/h1-6,22H,7-8H2,(H2,21,23,24). The van der Waals surface area contributed by atoms with Crippen molar-refractivity contribution in [2.45, 2.75) is 11.5 Å². The molecule has 0 bridgehead atoms. The highest BCUT2D eigenvalue weighted by atomic mass is 32.2. The number of nitrogen functional groups attached to an aromatic ring is 1. The Morgan fingerprint density at radius 1 is 1.07 bits per heavy atom. The zero-order chi connectivity index (χ0) is 21.2. The molecule has 0 aliphatic rings. The Kier molecular flexibility index (Phi) is 5.66. The number of aromatic nitrogens is 2. The van der Waals surface area contributed by atoms with Crippen LogP contribution in [0.4, 0.5) is 19.0 Å². The summed E-state index contributed by atoms with van der Waals surface area (Å²) in [6.45, 7) is -1.28. The third kappa shape index (κ3) is 4.43. The van der Waals surface area contributed by atoms with Gasteiger partial charge in [-0.05, 0) is 24.3 Å². The van der Waals surface area contributed by atoms with Crippen molar-refractivity contribution in [1.82, 2.24) is 14.7 Å². The van der Waals surface area contributed by atoms with E-state index in [2.05, 4.69) is 9.97 Å². The summed E-state index contributed by atoms with van der Waals surface area (Å²) in [7, 11) is -4.63. The highest BCUT2D eigenvalue weighted by Crippen LogP contribution is 2.19. The molecule has 12 heteroatoms. The summed E-state index contributed by atoms with van der Waals surface area (Å²) in [4.78, 5) is 18.8. The maximum Gasteiger partial charge on any atom is 0.321 e. The van der Waals surface area contributed by atoms with Crippen LogP contribution in [-0.2, 0) is 26.2 Å². The number of para-hydroxylation sites is 1. The number of nitrogens with one attached hydrogen (secondary N) is 1. The van der Waals surface area contributed by atoms with Gasteiger partial charge in [0.25, 0.3) is 0 Å². The van der Waals surface area contributed by atoms with Gasteiger partial charge in [-0.15, -0.1) is 0 Å². The van der Waals surface area contributed by atoms with E-state index in [1.54, 1.807) is 29.0 Å². The predicted molar refractivity (Wildman–Crippen MR) is 95.3 cm³/mol. The number of carbonyl (C=O) groups excluding carboxylic acids is 1. The van der Waals surface area contributed by atoms with E-state index in [1.807, 2.05) is 0 Å². The summed E-state index contributed by atoms with van der Waals surface area (Å²) in [5.74, 6) is -6.16. The average Bonchev–Trinajstić information content (AvgIpc) is 2.69. The van der Waals surface area contributed by atoms with Gasteiger partial charge in [-0.25, -0.2) is 31.6 Å². The zero-order valence-corrected chi connectivity index (χ0v) is 15.3. The molecule has 1 aromatic heterocycles. The molecule has 0 spiro atoms. The van der Waals surface area contributed by atoms with Gasteiger partial charge in [0.05, 0.1) is 5.52 Å². The molecule has 29 heavy (non-hydrogen) atoms. The van der Waals surface area contributed by atoms with E-state index in [4.69, 9.17) is 10.5 Å². The lowest BCUT2D eigenvalue weighted by molar-refractivity contribution is -0.143. The van der Waals surface area contributed by atoms with Gasteiger partial charge >= 0.3 is 5.97 Å². The van der Waals surface area contributed by atoms with E-state index >= 15 is 0 Å². The van der Waals surface area contributed by atoms with Crippen LogP contribution in [0.3, 0.4) is 0 Å². The van der Waals surface area contributed by atoms with Crippen LogP contribution in [0.25, 0.3) is 10.9 Å². The van der Waals surface area contributed by atoms with E-state index in [9.17, 15) is 26.4 Å². The fraction of sp³-hybridized carbons (Fsp3) is 0.118. The van der Waals surface area contributed by atoms with Crippen LogP contribution in [0.15, 0.2) is 41.3 Å². The summed E-state index contributed by atoms with van der Waals surface area (Å²) in [6, 6.07) is 7.87. The number of nitrogens with two attached hydrogens (primary N) is 1. The lowest BCUT2D eigenvalue weighted by atomic mass is 10.2. The van der Waals surface area contributed by atoms with Crippen molar-refractivity contribution >= 4 is 32.7 Å². The summed E-state index contributed by atoms with van der Waals surface area (Å²) in [6.07, 6.45) is 0. The van der Waals surface area contributed by atoms with Crippen molar-refractivity contribution in [3.05, 3.63) is 59.7 Å². The van der Waals surface area contributed by atoms with Crippen molar-refractivity contribution in [2.75, 3.05) is 12.3 Å². The molecule has 1 heterocycles. The minimum atomic E-state index is -4.63. The van der Waals surface area contributed by atoms with Gasteiger partial charge in [0, 0.05) is 5.39 Å². The van der Waals surface area contributed by atoms with Crippen LogP contribution in [-0.4, -0.2) is 30.9 Å². The second-order valence-electron chi connectivity index (χ2n) is 5.70. The first-order chi connectivity index (χ1) is 13.7. The van der Waals surface area contributed by atoms with Gasteiger partial charge in [-0.2, -0.15) is 4.72 Å². The Balaban J connectivity index is 1.64. The molecule has 0 aliphatic carbocycles. The lowest BCUT2D eigenvalue weighted by Gasteiger charge is -2.09. The Morgan fingerprint density at radius 3 is 2.55 bits per heavy atom. The number of hydrogen-bond acceptors (Lipinski definition) is 7. The van der Waals surface area contributed by atoms with E-state index in [0.29, 0.717) is 23.0 Å². The van der Waals surface area contributed by atoms with Crippen molar-refractivity contribution in [3.63, 3.8) is 0 Å². The minimum absolute atomic E-state index is 0.0871. The SMILES string of the molecule is Nc1nc(COC(=O)CNS(=O)(=O)c2ccc(F)c(F)c2F)nc2ccccc12. The van der Waals surface area contributed by atoms with Gasteiger partial charge in [0.15, 0.2) is 29.9 Å². The molecule has 0 saturated carbocycles. The summed E-state index contributed by atoms with van der Waals surface area (Å²) in [5, 5.41) is 0.615. The summed E-state index contributed by atoms with van der Waals surface area (Å²) < 4.78 is 70.4. The first-order valence-electron chi connectivity index (χ1n) is 7.99. The van der Waals surface area contributed by atoms with Crippen molar-refractivity contribution in [3.8, 4) is 0 Å². The van der Waals surface area contributed by atoms with Crippen LogP contribution in [0.5, 0.6) is 0 Å². The molecular formula is C17H13F3N4O4S. The Morgan fingerprint density at radius 2 is 1.79 bits per heavy atom. The highest BCUT2D eigenvalue weighted by molar-refractivity contribution is 7.89. The van der Waals surface area contributed by atoms with Crippen LogP contribution in [0, 0.1) is 17.5 Å². The molecule has 8 nitrogen and oxygen atoms in total. The number of benzene rings is 2. The molecule has 0 radical (unpaired) electrons. The van der Waals surface area contributed by atoms with Crippen molar-refractivity contribution in [2.24, 2.45) is 0 Å². The van der Waals surface area contributed by atoms with E-state index < -0.39 is 51.5 Å². The number of carbonyl (C=O) groups is 1. The highest BCUT2D eigenvalue weighted by Gasteiger charge is 2.24. The number of fused-ring (bicyclic) bond motifs is 1. The molecule has 0 unspecified atom stereocenters. The van der Waals surface area contributed by atoms with Gasteiger partial charge < -0.3 is 10.5 Å². The maximum absolute atomic E-state index is 13.6. The average molecular weight is 426 g/mol. The van der Waals surface area contributed by atoms with Gasteiger partial charge in [-0.1, -0.05) is 12.1 Å². The van der Waals surface area contributed by atoms with E-state index in [1.165, 1.54) is 0 Å². The number of esters is 1. The van der Waals surface area contributed by atoms with E-state index in [-0.39, 0.29) is 11.6 Å². The Hall–Kier alpha value is -3.25. The normalized spacial score (nSPS) is 11.6. The number of sulfonamides is 1. The molecule has 152 valence electrons. The van der Waals surface area contributed by atoms with Crippen LogP contribution in [0.1, 0.15) is 5.82 Å². The maximum atomic E-state index is 13.6. The minimum Gasteiger partial charge on any atom is -0.456 e. The summed E-state index contributed by atoms with van der Waals surface area (Å²) in [5.41, 5.74) is 6.33. The van der Waals surface area contributed by atoms with Gasteiger partial charge in [0.1, 0.15) is 17.3 Å². The zero-order valence-electron chi connectivity index (χ0n) is 14.5. The molecule has 0 atom stereocenters. The number of rotatable bonds is 6. The fourth-order valence-corrected chi connectivity index (χ4v) is 3.40.